The second-order valence-corrected chi connectivity index (χ2v) is 6.71. The van der Waals surface area contributed by atoms with Crippen LogP contribution in [0.25, 0.3) is 0 Å². The normalized spacial score (nSPS) is 23.6. The number of amides is 1. The number of benzene rings is 1. The highest BCUT2D eigenvalue weighted by molar-refractivity contribution is 5.82. The Morgan fingerprint density at radius 3 is 2.72 bits per heavy atom. The molecule has 2 aliphatic rings. The first-order valence-corrected chi connectivity index (χ1v) is 8.79. The number of hydrogen-bond donors (Lipinski definition) is 0. The number of methoxy groups -OCH3 is 2. The van der Waals surface area contributed by atoms with Gasteiger partial charge in [0.25, 0.3) is 0 Å². The molecular formula is C19H25N3O3. The molecule has 0 spiro atoms. The molecule has 0 unspecified atom stereocenters. The van der Waals surface area contributed by atoms with Crippen molar-refractivity contribution in [1.82, 2.24) is 9.80 Å². The van der Waals surface area contributed by atoms with Crippen LogP contribution in [0.5, 0.6) is 5.75 Å². The Bertz CT molecular complexity index is 664. The summed E-state index contributed by atoms with van der Waals surface area (Å²) in [5, 5.41) is 9.17. The first-order valence-electron chi connectivity index (χ1n) is 8.79. The molecule has 6 heteroatoms. The summed E-state index contributed by atoms with van der Waals surface area (Å²) >= 11 is 0. The van der Waals surface area contributed by atoms with Gasteiger partial charge >= 0.3 is 0 Å². The van der Waals surface area contributed by atoms with Crippen LogP contribution in [-0.2, 0) is 16.1 Å². The fourth-order valence-corrected chi connectivity index (χ4v) is 3.80. The van der Waals surface area contributed by atoms with Crippen LogP contribution in [0.3, 0.4) is 0 Å². The quantitative estimate of drug-likeness (QED) is 0.815. The van der Waals surface area contributed by atoms with Crippen molar-refractivity contribution in [1.29, 1.82) is 5.26 Å². The van der Waals surface area contributed by atoms with Gasteiger partial charge in [0.05, 0.1) is 30.9 Å². The molecule has 1 aromatic carbocycles. The van der Waals surface area contributed by atoms with E-state index in [4.69, 9.17) is 14.7 Å². The Morgan fingerprint density at radius 2 is 2.08 bits per heavy atom. The molecule has 1 amide bonds. The maximum absolute atomic E-state index is 12.9. The zero-order valence-electron chi connectivity index (χ0n) is 14.9. The van der Waals surface area contributed by atoms with Gasteiger partial charge in [-0.3, -0.25) is 9.69 Å². The van der Waals surface area contributed by atoms with Gasteiger partial charge in [0.1, 0.15) is 5.75 Å². The number of likely N-dealkylation sites (tertiary alicyclic amines) is 2. The van der Waals surface area contributed by atoms with Gasteiger partial charge in [-0.2, -0.15) is 5.26 Å². The number of carbonyl (C=O) groups is 1. The zero-order chi connectivity index (χ0) is 17.8. The summed E-state index contributed by atoms with van der Waals surface area (Å²) in [4.78, 5) is 17.1. The van der Waals surface area contributed by atoms with Crippen LogP contribution in [0, 0.1) is 11.3 Å². The molecule has 0 aliphatic carbocycles. The van der Waals surface area contributed by atoms with Crippen LogP contribution in [0.15, 0.2) is 18.2 Å². The number of carbonyl (C=O) groups excluding carboxylic acids is 1. The van der Waals surface area contributed by atoms with Gasteiger partial charge in [-0.25, -0.2) is 0 Å². The molecule has 2 aliphatic heterocycles. The van der Waals surface area contributed by atoms with E-state index in [0.717, 1.165) is 37.2 Å². The minimum absolute atomic E-state index is 0.0571. The number of ether oxygens (including phenoxy) is 2. The Morgan fingerprint density at radius 1 is 1.32 bits per heavy atom. The summed E-state index contributed by atoms with van der Waals surface area (Å²) in [5.41, 5.74) is 1.53. The topological polar surface area (TPSA) is 65.8 Å². The molecule has 0 saturated carbocycles. The van der Waals surface area contributed by atoms with E-state index < -0.39 is 0 Å². The number of rotatable bonds is 5. The third kappa shape index (κ3) is 3.78. The van der Waals surface area contributed by atoms with E-state index in [1.807, 2.05) is 17.0 Å². The van der Waals surface area contributed by atoms with Crippen molar-refractivity contribution < 1.29 is 14.3 Å². The fourth-order valence-electron chi connectivity index (χ4n) is 3.80. The molecule has 0 bridgehead atoms. The first-order chi connectivity index (χ1) is 12.2. The van der Waals surface area contributed by atoms with Gasteiger partial charge < -0.3 is 14.4 Å². The van der Waals surface area contributed by atoms with Gasteiger partial charge in [0, 0.05) is 38.9 Å². The summed E-state index contributed by atoms with van der Waals surface area (Å²) in [6, 6.07) is 7.41. The molecule has 1 aromatic rings. The van der Waals surface area contributed by atoms with Crippen molar-refractivity contribution in [2.75, 3.05) is 33.9 Å². The van der Waals surface area contributed by atoms with E-state index >= 15 is 0 Å². The van der Waals surface area contributed by atoms with E-state index in [1.54, 1.807) is 20.3 Å². The predicted molar refractivity (Wildman–Crippen MR) is 93.1 cm³/mol. The third-order valence-electron chi connectivity index (χ3n) is 5.18. The Kier molecular flexibility index (Phi) is 5.57. The lowest BCUT2D eigenvalue weighted by molar-refractivity contribution is -0.135. The Labute approximate surface area is 148 Å². The smallest absolute Gasteiger partial charge is 0.240 e. The van der Waals surface area contributed by atoms with Crippen molar-refractivity contribution >= 4 is 5.91 Å². The number of hydrogen-bond acceptors (Lipinski definition) is 5. The van der Waals surface area contributed by atoms with E-state index in [9.17, 15) is 4.79 Å². The van der Waals surface area contributed by atoms with Crippen molar-refractivity contribution in [3.8, 4) is 11.8 Å². The van der Waals surface area contributed by atoms with Gasteiger partial charge in [-0.15, -0.1) is 0 Å². The van der Waals surface area contributed by atoms with Crippen molar-refractivity contribution in [3.63, 3.8) is 0 Å². The summed E-state index contributed by atoms with van der Waals surface area (Å²) in [6.45, 7) is 2.99. The van der Waals surface area contributed by atoms with Crippen molar-refractivity contribution in [3.05, 3.63) is 29.3 Å². The standard InChI is InChI=1S/C19H25N3O3/c1-24-16-10-17(19(23)21-7-3-4-8-21)22(13-16)12-15-9-14(11-20)5-6-18(15)25-2/h5-6,9,16-17H,3-4,7-8,10,12-13H2,1-2H3/t16-,17-/m0/s1. The predicted octanol–water partition coefficient (Wildman–Crippen LogP) is 1.78. The largest absolute Gasteiger partial charge is 0.496 e. The van der Waals surface area contributed by atoms with E-state index in [1.165, 1.54) is 0 Å². The maximum atomic E-state index is 12.9. The summed E-state index contributed by atoms with van der Waals surface area (Å²) in [7, 11) is 3.32. The Hall–Kier alpha value is -2.10. The molecule has 3 rings (SSSR count). The highest BCUT2D eigenvalue weighted by Crippen LogP contribution is 2.28. The third-order valence-corrected chi connectivity index (χ3v) is 5.18. The van der Waals surface area contributed by atoms with Crippen LogP contribution in [0.4, 0.5) is 0 Å². The van der Waals surface area contributed by atoms with Crippen LogP contribution < -0.4 is 4.74 Å². The highest BCUT2D eigenvalue weighted by Gasteiger charge is 2.39. The van der Waals surface area contributed by atoms with Crippen molar-refractivity contribution in [2.24, 2.45) is 0 Å². The lowest BCUT2D eigenvalue weighted by Gasteiger charge is -2.27. The summed E-state index contributed by atoms with van der Waals surface area (Å²) in [6.07, 6.45) is 2.95. The monoisotopic (exact) mass is 343 g/mol. The molecule has 25 heavy (non-hydrogen) atoms. The fraction of sp³-hybridized carbons (Fsp3) is 0.579. The van der Waals surface area contributed by atoms with Crippen LogP contribution >= 0.6 is 0 Å². The molecule has 134 valence electrons. The average molecular weight is 343 g/mol. The molecule has 0 N–H and O–H groups in total. The van der Waals surface area contributed by atoms with Gasteiger partial charge in [-0.05, 0) is 37.5 Å². The molecule has 0 aromatic heterocycles. The molecule has 2 saturated heterocycles. The Balaban J connectivity index is 1.81. The number of nitrogens with zero attached hydrogens (tertiary/aromatic N) is 3. The lowest BCUT2D eigenvalue weighted by atomic mass is 10.1. The second-order valence-electron chi connectivity index (χ2n) is 6.71. The average Bonchev–Trinajstić information content (AvgIpc) is 3.31. The van der Waals surface area contributed by atoms with Crippen molar-refractivity contribution in [2.45, 2.75) is 38.0 Å². The van der Waals surface area contributed by atoms with E-state index in [0.29, 0.717) is 25.1 Å². The molecule has 2 atom stereocenters. The minimum Gasteiger partial charge on any atom is -0.496 e. The van der Waals surface area contributed by atoms with Crippen LogP contribution in [0.2, 0.25) is 0 Å². The molecule has 2 fully saturated rings. The zero-order valence-corrected chi connectivity index (χ0v) is 14.9. The minimum atomic E-state index is -0.168. The van der Waals surface area contributed by atoms with Gasteiger partial charge in [-0.1, -0.05) is 0 Å². The highest BCUT2D eigenvalue weighted by atomic mass is 16.5. The summed E-state index contributed by atoms with van der Waals surface area (Å²) in [5.74, 6) is 0.944. The van der Waals surface area contributed by atoms with Crippen LogP contribution in [0.1, 0.15) is 30.4 Å². The maximum Gasteiger partial charge on any atom is 0.240 e. The van der Waals surface area contributed by atoms with Gasteiger partial charge in [0.2, 0.25) is 5.91 Å². The molecular weight excluding hydrogens is 318 g/mol. The molecule has 0 radical (unpaired) electrons. The van der Waals surface area contributed by atoms with Crippen LogP contribution in [-0.4, -0.2) is 61.7 Å². The SMILES string of the molecule is COc1ccc(C#N)cc1CN1C[C@@H](OC)C[C@H]1C(=O)N1CCCC1. The number of nitriles is 1. The van der Waals surface area contributed by atoms with E-state index in [2.05, 4.69) is 11.0 Å². The molecule has 6 nitrogen and oxygen atoms in total. The first kappa shape index (κ1) is 17.7. The second kappa shape index (κ2) is 7.85. The molecule has 2 heterocycles. The van der Waals surface area contributed by atoms with Gasteiger partial charge in [0.15, 0.2) is 0 Å². The summed E-state index contributed by atoms with van der Waals surface area (Å²) < 4.78 is 11.0. The van der Waals surface area contributed by atoms with E-state index in [-0.39, 0.29) is 18.1 Å². The lowest BCUT2D eigenvalue weighted by Crippen LogP contribution is -2.44.